The second kappa shape index (κ2) is 7.45. The van der Waals surface area contributed by atoms with Gasteiger partial charge in [0, 0.05) is 33.5 Å². The summed E-state index contributed by atoms with van der Waals surface area (Å²) < 4.78 is 0. The Morgan fingerprint density at radius 3 is 2.43 bits per heavy atom. The van der Waals surface area contributed by atoms with Crippen LogP contribution in [-0.2, 0) is 6.54 Å². The minimum atomic E-state index is -0.402. The van der Waals surface area contributed by atoms with E-state index in [2.05, 4.69) is 5.32 Å². The molecule has 0 radical (unpaired) electrons. The summed E-state index contributed by atoms with van der Waals surface area (Å²) in [5.74, 6) is 0. The van der Waals surface area contributed by atoms with Crippen LogP contribution in [0.25, 0.3) is 0 Å². The number of benzene rings is 2. The zero-order valence-electron chi connectivity index (χ0n) is 11.5. The van der Waals surface area contributed by atoms with Gasteiger partial charge in [0.25, 0.3) is 5.69 Å². The summed E-state index contributed by atoms with van der Waals surface area (Å²) in [6, 6.07) is 12.4. The van der Waals surface area contributed by atoms with Crippen molar-refractivity contribution < 1.29 is 4.92 Å². The molecule has 0 atom stereocenters. The Hall–Kier alpha value is -1.56. The van der Waals surface area contributed by atoms with Crippen molar-refractivity contribution in [2.24, 2.45) is 0 Å². The first kappa shape index (κ1) is 15.8. The third-order valence-corrected chi connectivity index (χ3v) is 4.22. The number of nitrogens with zero attached hydrogens (tertiary/aromatic N) is 1. The lowest BCUT2D eigenvalue weighted by Gasteiger charge is -2.07. The van der Waals surface area contributed by atoms with E-state index in [4.69, 9.17) is 11.6 Å². The molecule has 0 saturated heterocycles. The lowest BCUT2D eigenvalue weighted by atomic mass is 10.2. The van der Waals surface area contributed by atoms with Crippen molar-refractivity contribution in [2.45, 2.75) is 23.3 Å². The average Bonchev–Trinajstić information content (AvgIpc) is 2.47. The fourth-order valence-electron chi connectivity index (χ4n) is 1.77. The molecule has 0 aliphatic heterocycles. The Labute approximate surface area is 132 Å². The molecule has 0 aliphatic carbocycles. The van der Waals surface area contributed by atoms with Crippen LogP contribution in [0.4, 0.5) is 5.69 Å². The molecule has 0 fully saturated rings. The van der Waals surface area contributed by atoms with Gasteiger partial charge < -0.3 is 5.32 Å². The SMILES string of the molecule is CCNCc1ccc(Sc2ccc([N+](=O)[O-])cc2)cc1Cl. The maximum atomic E-state index is 10.6. The molecule has 1 N–H and O–H groups in total. The van der Waals surface area contributed by atoms with Gasteiger partial charge >= 0.3 is 0 Å². The van der Waals surface area contributed by atoms with Crippen LogP contribution in [0.3, 0.4) is 0 Å². The van der Waals surface area contributed by atoms with E-state index in [1.165, 1.54) is 23.9 Å². The summed E-state index contributed by atoms with van der Waals surface area (Å²) >= 11 is 7.78. The Balaban J connectivity index is 2.09. The van der Waals surface area contributed by atoms with Gasteiger partial charge in [0.05, 0.1) is 4.92 Å². The minimum absolute atomic E-state index is 0.0957. The van der Waals surface area contributed by atoms with Gasteiger partial charge in [-0.05, 0) is 36.4 Å². The number of halogens is 1. The highest BCUT2D eigenvalue weighted by Crippen LogP contribution is 2.31. The first-order valence-electron chi connectivity index (χ1n) is 6.51. The van der Waals surface area contributed by atoms with Crippen molar-refractivity contribution in [3.05, 3.63) is 63.2 Å². The van der Waals surface area contributed by atoms with Gasteiger partial charge in [-0.15, -0.1) is 0 Å². The molecular formula is C15H15ClN2O2S. The lowest BCUT2D eigenvalue weighted by Crippen LogP contribution is -2.11. The predicted molar refractivity (Wildman–Crippen MR) is 86.1 cm³/mol. The monoisotopic (exact) mass is 322 g/mol. The highest BCUT2D eigenvalue weighted by Gasteiger charge is 2.06. The molecule has 0 aliphatic rings. The standard InChI is InChI=1S/C15H15ClN2O2S/c1-2-17-10-11-3-6-14(9-15(11)16)21-13-7-4-12(5-8-13)18(19)20/h3-9,17H,2,10H2,1H3. The van der Waals surface area contributed by atoms with E-state index >= 15 is 0 Å². The number of rotatable bonds is 6. The summed E-state index contributed by atoms with van der Waals surface area (Å²) in [4.78, 5) is 12.2. The van der Waals surface area contributed by atoms with Crippen LogP contribution in [0.5, 0.6) is 0 Å². The van der Waals surface area contributed by atoms with E-state index in [9.17, 15) is 10.1 Å². The van der Waals surface area contributed by atoms with Gasteiger partial charge in [0.15, 0.2) is 0 Å². The Morgan fingerprint density at radius 1 is 1.19 bits per heavy atom. The molecule has 0 aromatic heterocycles. The van der Waals surface area contributed by atoms with Crippen LogP contribution in [0.1, 0.15) is 12.5 Å². The highest BCUT2D eigenvalue weighted by atomic mass is 35.5. The first-order chi connectivity index (χ1) is 10.1. The second-order valence-corrected chi connectivity index (χ2v) is 5.94. The minimum Gasteiger partial charge on any atom is -0.313 e. The van der Waals surface area contributed by atoms with Gasteiger partial charge in [-0.25, -0.2) is 0 Å². The van der Waals surface area contributed by atoms with Crippen molar-refractivity contribution in [1.29, 1.82) is 0 Å². The Morgan fingerprint density at radius 2 is 1.86 bits per heavy atom. The molecule has 0 unspecified atom stereocenters. The smallest absolute Gasteiger partial charge is 0.269 e. The molecule has 110 valence electrons. The summed E-state index contributed by atoms with van der Waals surface area (Å²) in [6.45, 7) is 3.69. The van der Waals surface area contributed by atoms with Crippen molar-refractivity contribution >= 4 is 29.1 Å². The summed E-state index contributed by atoms with van der Waals surface area (Å²) in [5, 5.41) is 14.6. The molecule has 2 aromatic rings. The zero-order valence-corrected chi connectivity index (χ0v) is 13.1. The third kappa shape index (κ3) is 4.46. The summed E-state index contributed by atoms with van der Waals surface area (Å²) in [7, 11) is 0. The predicted octanol–water partition coefficient (Wildman–Crippen LogP) is 4.51. The number of hydrogen-bond donors (Lipinski definition) is 1. The van der Waals surface area contributed by atoms with Crippen molar-refractivity contribution in [1.82, 2.24) is 5.32 Å². The van der Waals surface area contributed by atoms with Crippen LogP contribution in [-0.4, -0.2) is 11.5 Å². The van der Waals surface area contributed by atoms with Gasteiger partial charge in [0.2, 0.25) is 0 Å². The number of nitrogens with one attached hydrogen (secondary N) is 1. The fourth-order valence-corrected chi connectivity index (χ4v) is 2.94. The third-order valence-electron chi connectivity index (χ3n) is 2.87. The summed E-state index contributed by atoms with van der Waals surface area (Å²) in [5.41, 5.74) is 1.16. The van der Waals surface area contributed by atoms with Crippen LogP contribution >= 0.6 is 23.4 Å². The number of non-ortho nitro benzene ring substituents is 1. The van der Waals surface area contributed by atoms with Gasteiger partial charge in [0.1, 0.15) is 0 Å². The van der Waals surface area contributed by atoms with Crippen molar-refractivity contribution in [2.75, 3.05) is 6.54 Å². The molecule has 0 saturated carbocycles. The van der Waals surface area contributed by atoms with E-state index in [1.807, 2.05) is 25.1 Å². The topological polar surface area (TPSA) is 55.2 Å². The van der Waals surface area contributed by atoms with Gasteiger partial charge in [-0.1, -0.05) is 36.4 Å². The maximum Gasteiger partial charge on any atom is 0.269 e. The van der Waals surface area contributed by atoms with E-state index < -0.39 is 4.92 Å². The first-order valence-corrected chi connectivity index (χ1v) is 7.71. The van der Waals surface area contributed by atoms with Crippen molar-refractivity contribution in [3.8, 4) is 0 Å². The Bertz CT molecular complexity index is 632. The van der Waals surface area contributed by atoms with Crippen LogP contribution in [0.2, 0.25) is 5.02 Å². The Kier molecular flexibility index (Phi) is 5.61. The van der Waals surface area contributed by atoms with Crippen LogP contribution in [0, 0.1) is 10.1 Å². The molecule has 0 amide bonds. The van der Waals surface area contributed by atoms with Gasteiger partial charge in [-0.3, -0.25) is 10.1 Å². The molecule has 0 heterocycles. The van der Waals surface area contributed by atoms with Crippen LogP contribution in [0.15, 0.2) is 52.3 Å². The number of hydrogen-bond acceptors (Lipinski definition) is 4. The summed E-state index contributed by atoms with van der Waals surface area (Å²) in [6.07, 6.45) is 0. The molecule has 2 aromatic carbocycles. The molecule has 2 rings (SSSR count). The van der Waals surface area contributed by atoms with Crippen LogP contribution < -0.4 is 5.32 Å². The molecule has 6 heteroatoms. The molecule has 21 heavy (non-hydrogen) atoms. The fraction of sp³-hybridized carbons (Fsp3) is 0.200. The quantitative estimate of drug-likeness (QED) is 0.628. The second-order valence-electron chi connectivity index (χ2n) is 4.39. The highest BCUT2D eigenvalue weighted by molar-refractivity contribution is 7.99. The molecule has 0 bridgehead atoms. The van der Waals surface area contributed by atoms with Crippen molar-refractivity contribution in [3.63, 3.8) is 0 Å². The number of nitro groups is 1. The van der Waals surface area contributed by atoms with Gasteiger partial charge in [-0.2, -0.15) is 0 Å². The molecule has 0 spiro atoms. The largest absolute Gasteiger partial charge is 0.313 e. The lowest BCUT2D eigenvalue weighted by molar-refractivity contribution is -0.384. The maximum absolute atomic E-state index is 10.6. The normalized spacial score (nSPS) is 10.6. The van der Waals surface area contributed by atoms with E-state index in [-0.39, 0.29) is 5.69 Å². The number of nitro benzene ring substituents is 1. The molecular weight excluding hydrogens is 308 g/mol. The average molecular weight is 323 g/mol. The van der Waals surface area contributed by atoms with E-state index in [0.29, 0.717) is 0 Å². The van der Waals surface area contributed by atoms with E-state index in [1.54, 1.807) is 12.1 Å². The zero-order chi connectivity index (χ0) is 15.2. The molecule has 4 nitrogen and oxygen atoms in total. The van der Waals surface area contributed by atoms with E-state index in [0.717, 1.165) is 33.5 Å².